The Labute approximate surface area is 357 Å². The summed E-state index contributed by atoms with van der Waals surface area (Å²) < 4.78 is 12.2. The van der Waals surface area contributed by atoms with E-state index in [0.29, 0.717) is 35.5 Å². The lowest BCUT2D eigenvalue weighted by Gasteiger charge is -2.73. The van der Waals surface area contributed by atoms with Crippen LogP contribution in [-0.4, -0.2) is 31.3 Å². The normalized spacial score (nSPS) is 37.4. The van der Waals surface area contributed by atoms with E-state index < -0.39 is 7.26 Å². The van der Waals surface area contributed by atoms with Crippen LogP contribution in [0.4, 0.5) is 0 Å². The van der Waals surface area contributed by atoms with Gasteiger partial charge in [-0.2, -0.15) is 0 Å². The van der Waals surface area contributed by atoms with Crippen molar-refractivity contribution < 1.29 is 19.1 Å². The smallest absolute Gasteiger partial charge is 0.312 e. The summed E-state index contributed by atoms with van der Waals surface area (Å²) in [5.74, 6) is 3.37. The Bertz CT molecular complexity index is 1860. The number of fused-ring (bicyclic) bond motifs is 7. The number of hydrogen-bond acceptors (Lipinski definition) is 4. The standard InChI is InChI=1S/C54H74O4P/c1-37(2)43-29-32-54(49(56)57-9)34-33-52(7)44(47(43)54)27-28-46-51(6)36-39(48(58-38(3)55)50(4,5)45(51)30-31-53(46,52)8)20-19-35-59(40-21-13-10-14-22-40,41-23-15-11-16-24-41)42-25-17-12-18-26-42/h10-18,21-26,37,39,43-48H,19-20,27-36H2,1-9H3/q+1/t39-,43-,44+,45-,46+,47+,48+,51-,52+,53+,54-/m0/s1. The highest BCUT2D eigenvalue weighted by molar-refractivity contribution is 7.95. The fraction of sp³-hybridized carbons (Fsp3) is 0.630. The average Bonchev–Trinajstić information content (AvgIpc) is 3.63. The van der Waals surface area contributed by atoms with E-state index in [9.17, 15) is 9.59 Å². The summed E-state index contributed by atoms with van der Waals surface area (Å²) in [6.45, 7) is 19.4. The molecular formula is C54H74O4P+. The van der Waals surface area contributed by atoms with Gasteiger partial charge in [-0.25, -0.2) is 0 Å². The Morgan fingerprint density at radius 3 is 1.81 bits per heavy atom. The van der Waals surface area contributed by atoms with Gasteiger partial charge < -0.3 is 9.47 Å². The second-order valence-electron chi connectivity index (χ2n) is 21.8. The van der Waals surface area contributed by atoms with Crippen molar-refractivity contribution >= 4 is 35.1 Å². The molecule has 318 valence electrons. The molecule has 0 bridgehead atoms. The molecule has 0 radical (unpaired) electrons. The molecule has 8 rings (SSSR count). The van der Waals surface area contributed by atoms with Gasteiger partial charge in [0.2, 0.25) is 0 Å². The highest BCUT2D eigenvalue weighted by Gasteiger charge is 2.73. The summed E-state index contributed by atoms with van der Waals surface area (Å²) in [5.41, 5.74) is 0.0106. The van der Waals surface area contributed by atoms with Gasteiger partial charge in [-0.1, -0.05) is 103 Å². The molecule has 0 saturated heterocycles. The number of esters is 2. The van der Waals surface area contributed by atoms with Gasteiger partial charge in [-0.05, 0) is 165 Å². The zero-order valence-electron chi connectivity index (χ0n) is 37.8. The van der Waals surface area contributed by atoms with E-state index in [-0.39, 0.29) is 51.0 Å². The molecule has 0 heterocycles. The zero-order chi connectivity index (χ0) is 42.0. The topological polar surface area (TPSA) is 52.6 Å². The van der Waals surface area contributed by atoms with Gasteiger partial charge >= 0.3 is 11.9 Å². The lowest BCUT2D eigenvalue weighted by Crippen LogP contribution is -2.68. The van der Waals surface area contributed by atoms with Gasteiger partial charge in [0.05, 0.1) is 18.7 Å². The van der Waals surface area contributed by atoms with Crippen molar-refractivity contribution in [3.63, 3.8) is 0 Å². The molecule has 11 atom stereocenters. The quantitative estimate of drug-likeness (QED) is 0.151. The predicted molar refractivity (Wildman–Crippen MR) is 245 cm³/mol. The Kier molecular flexibility index (Phi) is 11.4. The summed E-state index contributed by atoms with van der Waals surface area (Å²) >= 11 is 0. The molecule has 0 amide bonds. The number of methoxy groups -OCH3 is 1. The van der Waals surface area contributed by atoms with Crippen molar-refractivity contribution in [3.8, 4) is 0 Å². The van der Waals surface area contributed by atoms with Gasteiger partial charge in [0.15, 0.2) is 0 Å². The van der Waals surface area contributed by atoms with Gasteiger partial charge in [0, 0.05) is 12.3 Å². The summed E-state index contributed by atoms with van der Waals surface area (Å²) in [6.07, 6.45) is 13.3. The molecular weight excluding hydrogens is 744 g/mol. The van der Waals surface area contributed by atoms with E-state index in [1.807, 2.05) is 0 Å². The lowest BCUT2D eigenvalue weighted by atomic mass is 9.31. The third kappa shape index (κ3) is 6.52. The Balaban J connectivity index is 1.14. The molecule has 5 aliphatic carbocycles. The first-order valence-corrected chi connectivity index (χ1v) is 25.4. The molecule has 4 nitrogen and oxygen atoms in total. The first-order chi connectivity index (χ1) is 28.1. The van der Waals surface area contributed by atoms with E-state index >= 15 is 0 Å². The Hall–Kier alpha value is -2.97. The molecule has 5 heteroatoms. The van der Waals surface area contributed by atoms with E-state index in [1.165, 1.54) is 41.6 Å². The van der Waals surface area contributed by atoms with Crippen LogP contribution in [0.3, 0.4) is 0 Å². The maximum Gasteiger partial charge on any atom is 0.312 e. The summed E-state index contributed by atoms with van der Waals surface area (Å²) in [4.78, 5) is 26.9. The number of hydrogen-bond donors (Lipinski definition) is 0. The molecule has 5 saturated carbocycles. The van der Waals surface area contributed by atoms with Crippen LogP contribution in [0.5, 0.6) is 0 Å². The summed E-state index contributed by atoms with van der Waals surface area (Å²) in [7, 11) is -0.356. The second kappa shape index (κ2) is 15.7. The van der Waals surface area contributed by atoms with E-state index in [2.05, 4.69) is 139 Å². The van der Waals surface area contributed by atoms with Gasteiger partial charge in [-0.3, -0.25) is 9.59 Å². The molecule has 5 fully saturated rings. The lowest BCUT2D eigenvalue weighted by molar-refractivity contribution is -0.261. The van der Waals surface area contributed by atoms with Crippen LogP contribution in [-0.2, 0) is 19.1 Å². The minimum atomic E-state index is -1.98. The first-order valence-electron chi connectivity index (χ1n) is 23.4. The van der Waals surface area contributed by atoms with Crippen LogP contribution in [0.2, 0.25) is 0 Å². The average molecular weight is 818 g/mol. The van der Waals surface area contributed by atoms with Crippen LogP contribution in [0, 0.1) is 68.5 Å². The fourth-order valence-corrected chi connectivity index (χ4v) is 20.8. The molecule has 0 aromatic heterocycles. The SMILES string of the molecule is COC(=O)[C@]12CC[C@@H](C(C)C)[C@@H]1[C@H]1CC[C@@H]3[C@@]4(C)C[C@H](CCC[P+](c5ccccc5)(c5ccccc5)c5ccccc5)[C@@H](OC(C)=O)C(C)(C)[C@@H]4CC[C@@]3(C)[C@]1(C)CC2. The van der Waals surface area contributed by atoms with Crippen LogP contribution in [0.25, 0.3) is 0 Å². The minimum Gasteiger partial charge on any atom is -0.469 e. The molecule has 59 heavy (non-hydrogen) atoms. The molecule has 0 N–H and O–H groups in total. The summed E-state index contributed by atoms with van der Waals surface area (Å²) in [6, 6.07) is 33.9. The van der Waals surface area contributed by atoms with E-state index in [0.717, 1.165) is 51.1 Å². The van der Waals surface area contributed by atoms with Crippen molar-refractivity contribution in [1.82, 2.24) is 0 Å². The largest absolute Gasteiger partial charge is 0.469 e. The predicted octanol–water partition coefficient (Wildman–Crippen LogP) is 11.8. The van der Waals surface area contributed by atoms with Crippen LogP contribution in [0.1, 0.15) is 126 Å². The first kappa shape index (κ1) is 42.7. The number of carbonyl (C=O) groups excluding carboxylic acids is 2. The second-order valence-corrected chi connectivity index (χ2v) is 25.4. The maximum atomic E-state index is 13.9. The number of rotatable bonds is 10. The highest BCUT2D eigenvalue weighted by Crippen LogP contribution is 2.78. The fourth-order valence-electron chi connectivity index (χ4n) is 16.5. The van der Waals surface area contributed by atoms with Crippen molar-refractivity contribution in [1.29, 1.82) is 0 Å². The van der Waals surface area contributed by atoms with Crippen molar-refractivity contribution in [2.75, 3.05) is 13.3 Å². The summed E-state index contributed by atoms with van der Waals surface area (Å²) in [5, 5.41) is 4.30. The van der Waals surface area contributed by atoms with Gasteiger partial charge in [0.25, 0.3) is 0 Å². The molecule has 5 aliphatic rings. The molecule has 0 unspecified atom stereocenters. The maximum absolute atomic E-state index is 13.9. The monoisotopic (exact) mass is 818 g/mol. The van der Waals surface area contributed by atoms with E-state index in [4.69, 9.17) is 9.47 Å². The molecule has 3 aromatic rings. The van der Waals surface area contributed by atoms with Gasteiger partial charge in [0.1, 0.15) is 29.3 Å². The highest BCUT2D eigenvalue weighted by atomic mass is 31.2. The number of benzene rings is 3. The number of ether oxygens (including phenoxy) is 2. The van der Waals surface area contributed by atoms with Gasteiger partial charge in [-0.15, -0.1) is 0 Å². The zero-order valence-corrected chi connectivity index (χ0v) is 38.7. The van der Waals surface area contributed by atoms with Crippen LogP contribution < -0.4 is 15.9 Å². The van der Waals surface area contributed by atoms with E-state index in [1.54, 1.807) is 14.0 Å². The van der Waals surface area contributed by atoms with Crippen molar-refractivity contribution in [2.45, 2.75) is 132 Å². The number of carbonyl (C=O) groups is 2. The van der Waals surface area contributed by atoms with Crippen molar-refractivity contribution in [3.05, 3.63) is 91.0 Å². The third-order valence-electron chi connectivity index (χ3n) is 18.9. The third-order valence-corrected chi connectivity index (χ3v) is 23.4. The Morgan fingerprint density at radius 1 is 0.712 bits per heavy atom. The van der Waals surface area contributed by atoms with Crippen LogP contribution in [0.15, 0.2) is 91.0 Å². The van der Waals surface area contributed by atoms with Crippen molar-refractivity contribution in [2.24, 2.45) is 68.5 Å². The molecule has 0 spiro atoms. The molecule has 0 aliphatic heterocycles. The Morgan fingerprint density at radius 2 is 1.29 bits per heavy atom. The van der Waals surface area contributed by atoms with Crippen LogP contribution >= 0.6 is 7.26 Å². The molecule has 3 aromatic carbocycles. The minimum absolute atomic E-state index is 0.0716.